The number of rotatable bonds is 3. The van der Waals surface area contributed by atoms with Crippen molar-refractivity contribution in [2.24, 2.45) is 0 Å². The van der Waals surface area contributed by atoms with Crippen molar-refractivity contribution in [2.45, 2.75) is 27.2 Å². The molecule has 3 aromatic rings. The minimum atomic E-state index is -0.0799. The molecular formula is C19H19NO2. The summed E-state index contributed by atoms with van der Waals surface area (Å²) in [6, 6.07) is 11.6. The minimum Gasteiger partial charge on any atom is -0.451 e. The molecule has 0 saturated heterocycles. The molecule has 3 heteroatoms. The molecule has 0 aliphatic rings. The number of hydrogen-bond acceptors (Lipinski definition) is 3. The van der Waals surface area contributed by atoms with Gasteiger partial charge in [0.1, 0.15) is 5.58 Å². The van der Waals surface area contributed by atoms with Gasteiger partial charge in [-0.05, 0) is 49.6 Å². The van der Waals surface area contributed by atoms with E-state index in [1.165, 1.54) is 5.56 Å². The predicted molar refractivity (Wildman–Crippen MR) is 89.3 cm³/mol. The fourth-order valence-electron chi connectivity index (χ4n) is 3.00. The van der Waals surface area contributed by atoms with Gasteiger partial charge in [0.25, 0.3) is 0 Å². The quantitative estimate of drug-likeness (QED) is 0.730. The molecule has 0 unspecified atom stereocenters. The van der Waals surface area contributed by atoms with Gasteiger partial charge in [-0.1, -0.05) is 29.8 Å². The topological polar surface area (TPSA) is 56.2 Å². The van der Waals surface area contributed by atoms with E-state index in [2.05, 4.69) is 19.1 Å². The summed E-state index contributed by atoms with van der Waals surface area (Å²) in [7, 11) is 0. The summed E-state index contributed by atoms with van der Waals surface area (Å²) in [5.41, 5.74) is 11.7. The molecule has 1 aromatic heterocycles. The minimum absolute atomic E-state index is 0.0799. The summed E-state index contributed by atoms with van der Waals surface area (Å²) in [5, 5.41) is 0.795. The number of benzene rings is 2. The molecule has 0 aliphatic carbocycles. The summed E-state index contributed by atoms with van der Waals surface area (Å²) < 4.78 is 5.66. The monoisotopic (exact) mass is 293 g/mol. The first-order valence-corrected chi connectivity index (χ1v) is 7.34. The highest BCUT2D eigenvalue weighted by atomic mass is 16.3. The summed E-state index contributed by atoms with van der Waals surface area (Å²) in [6.07, 6.45) is 0.308. The third-order valence-electron chi connectivity index (χ3n) is 4.06. The summed E-state index contributed by atoms with van der Waals surface area (Å²) in [6.45, 7) is 6.12. The Morgan fingerprint density at radius 1 is 1.09 bits per heavy atom. The van der Waals surface area contributed by atoms with E-state index in [0.717, 1.165) is 22.1 Å². The number of ketones is 1. The third kappa shape index (κ3) is 2.39. The van der Waals surface area contributed by atoms with Crippen LogP contribution in [0.1, 0.15) is 32.8 Å². The van der Waals surface area contributed by atoms with Crippen LogP contribution in [0.15, 0.2) is 40.8 Å². The van der Waals surface area contributed by atoms with Crippen LogP contribution in [0.25, 0.3) is 11.0 Å². The molecular weight excluding hydrogens is 274 g/mol. The van der Waals surface area contributed by atoms with Crippen LogP contribution in [-0.2, 0) is 6.42 Å². The zero-order chi connectivity index (χ0) is 15.9. The molecule has 2 aromatic carbocycles. The number of hydrogen-bond donors (Lipinski definition) is 1. The first-order chi connectivity index (χ1) is 10.5. The Labute approximate surface area is 129 Å². The number of aryl methyl sites for hydroxylation is 3. The maximum absolute atomic E-state index is 12.6. The van der Waals surface area contributed by atoms with Crippen molar-refractivity contribution in [2.75, 3.05) is 5.73 Å². The van der Waals surface area contributed by atoms with Gasteiger partial charge < -0.3 is 10.2 Å². The molecule has 22 heavy (non-hydrogen) atoms. The lowest BCUT2D eigenvalue weighted by atomic mass is 9.95. The Morgan fingerprint density at radius 2 is 1.73 bits per heavy atom. The molecule has 0 radical (unpaired) electrons. The standard InChI is InChI=1S/C19H19NO2/c1-11-8-12(2)15(13(3)9-11)10-16(21)19-18(20)14-6-4-5-7-17(14)22-19/h4-9H,10,20H2,1-3H3. The van der Waals surface area contributed by atoms with Gasteiger partial charge in [-0.2, -0.15) is 0 Å². The second kappa shape index (κ2) is 5.34. The smallest absolute Gasteiger partial charge is 0.204 e. The zero-order valence-electron chi connectivity index (χ0n) is 13.1. The number of para-hydroxylation sites is 1. The Kier molecular flexibility index (Phi) is 3.49. The lowest BCUT2D eigenvalue weighted by Gasteiger charge is -2.10. The van der Waals surface area contributed by atoms with Crippen molar-refractivity contribution in [3.8, 4) is 0 Å². The highest BCUT2D eigenvalue weighted by molar-refractivity contribution is 6.07. The van der Waals surface area contributed by atoms with Crippen LogP contribution >= 0.6 is 0 Å². The van der Waals surface area contributed by atoms with Gasteiger partial charge >= 0.3 is 0 Å². The summed E-state index contributed by atoms with van der Waals surface area (Å²) in [5.74, 6) is 0.185. The van der Waals surface area contributed by atoms with Crippen LogP contribution in [-0.4, -0.2) is 5.78 Å². The van der Waals surface area contributed by atoms with Crippen LogP contribution in [0, 0.1) is 20.8 Å². The van der Waals surface area contributed by atoms with Crippen molar-refractivity contribution in [3.05, 3.63) is 64.4 Å². The largest absolute Gasteiger partial charge is 0.451 e. The predicted octanol–water partition coefficient (Wildman–Crippen LogP) is 4.37. The molecule has 3 rings (SSSR count). The van der Waals surface area contributed by atoms with Gasteiger partial charge in [0.2, 0.25) is 5.78 Å². The maximum Gasteiger partial charge on any atom is 0.204 e. The van der Waals surface area contributed by atoms with Crippen LogP contribution in [0.5, 0.6) is 0 Å². The Hall–Kier alpha value is -2.55. The second-order valence-corrected chi connectivity index (χ2v) is 5.82. The van der Waals surface area contributed by atoms with E-state index in [0.29, 0.717) is 17.7 Å². The molecule has 0 spiro atoms. The molecule has 0 fully saturated rings. The number of fused-ring (bicyclic) bond motifs is 1. The molecule has 1 heterocycles. The molecule has 0 atom stereocenters. The Morgan fingerprint density at radius 3 is 2.36 bits per heavy atom. The van der Waals surface area contributed by atoms with E-state index < -0.39 is 0 Å². The summed E-state index contributed by atoms with van der Waals surface area (Å²) in [4.78, 5) is 12.6. The number of nitrogens with two attached hydrogens (primary N) is 1. The average molecular weight is 293 g/mol. The molecule has 2 N–H and O–H groups in total. The Balaban J connectivity index is 1.99. The van der Waals surface area contributed by atoms with Gasteiger partial charge in [0, 0.05) is 11.8 Å². The van der Waals surface area contributed by atoms with Crippen molar-refractivity contribution in [3.63, 3.8) is 0 Å². The molecule has 0 amide bonds. The molecule has 112 valence electrons. The Bertz CT molecular complexity index is 851. The first-order valence-electron chi connectivity index (χ1n) is 7.34. The normalized spacial score (nSPS) is 11.0. The maximum atomic E-state index is 12.6. The molecule has 0 aliphatic heterocycles. The SMILES string of the molecule is Cc1cc(C)c(CC(=O)c2oc3ccccc3c2N)c(C)c1. The number of nitrogen functional groups attached to an aromatic ring is 1. The first kappa shape index (κ1) is 14.4. The van der Waals surface area contributed by atoms with Crippen molar-refractivity contribution < 1.29 is 9.21 Å². The van der Waals surface area contributed by atoms with E-state index in [-0.39, 0.29) is 11.5 Å². The van der Waals surface area contributed by atoms with Crippen molar-refractivity contribution in [1.82, 2.24) is 0 Å². The number of furan rings is 1. The van der Waals surface area contributed by atoms with Gasteiger partial charge in [0.05, 0.1) is 5.69 Å². The van der Waals surface area contributed by atoms with Gasteiger partial charge in [-0.25, -0.2) is 0 Å². The van der Waals surface area contributed by atoms with Gasteiger partial charge in [0.15, 0.2) is 5.76 Å². The lowest BCUT2D eigenvalue weighted by Crippen LogP contribution is -2.08. The molecule has 0 bridgehead atoms. The fraction of sp³-hybridized carbons (Fsp3) is 0.211. The average Bonchev–Trinajstić information content (AvgIpc) is 2.80. The molecule has 0 saturated carbocycles. The van der Waals surface area contributed by atoms with Gasteiger partial charge in [-0.3, -0.25) is 4.79 Å². The number of carbonyl (C=O) groups excluding carboxylic acids is 1. The van der Waals surface area contributed by atoms with Crippen molar-refractivity contribution in [1.29, 1.82) is 0 Å². The van der Waals surface area contributed by atoms with Crippen LogP contribution in [0.3, 0.4) is 0 Å². The van der Waals surface area contributed by atoms with E-state index in [1.807, 2.05) is 38.1 Å². The van der Waals surface area contributed by atoms with Gasteiger partial charge in [-0.15, -0.1) is 0 Å². The lowest BCUT2D eigenvalue weighted by molar-refractivity contribution is 0.0969. The summed E-state index contributed by atoms with van der Waals surface area (Å²) >= 11 is 0. The third-order valence-corrected chi connectivity index (χ3v) is 4.06. The van der Waals surface area contributed by atoms with E-state index in [4.69, 9.17) is 10.2 Å². The van der Waals surface area contributed by atoms with E-state index in [1.54, 1.807) is 0 Å². The van der Waals surface area contributed by atoms with Crippen LogP contribution in [0.2, 0.25) is 0 Å². The molecule has 3 nitrogen and oxygen atoms in total. The number of carbonyl (C=O) groups is 1. The number of Topliss-reactive ketones (excluding diaryl/α,β-unsaturated/α-hetero) is 1. The van der Waals surface area contributed by atoms with Crippen molar-refractivity contribution >= 4 is 22.4 Å². The van der Waals surface area contributed by atoms with Crippen LogP contribution in [0.4, 0.5) is 5.69 Å². The zero-order valence-corrected chi connectivity index (χ0v) is 13.1. The number of anilines is 1. The highest BCUT2D eigenvalue weighted by Crippen LogP contribution is 2.29. The van der Waals surface area contributed by atoms with Crippen LogP contribution < -0.4 is 5.73 Å². The van der Waals surface area contributed by atoms with E-state index >= 15 is 0 Å². The van der Waals surface area contributed by atoms with E-state index in [9.17, 15) is 4.79 Å². The highest BCUT2D eigenvalue weighted by Gasteiger charge is 2.20. The second-order valence-electron chi connectivity index (χ2n) is 5.82. The fourth-order valence-corrected chi connectivity index (χ4v) is 3.00.